The molecule has 6 nitrogen and oxygen atoms in total. The number of hydrogen-bond acceptors (Lipinski definition) is 4. The Morgan fingerprint density at radius 2 is 1.48 bits per heavy atom. The molecule has 0 aliphatic heterocycles. The van der Waals surface area contributed by atoms with Crippen LogP contribution in [0.4, 0.5) is 5.69 Å². The largest absolute Gasteiger partial charge is 0.336 e. The molecule has 0 atom stereocenters. The molecular formula is C22H28N2O4S. The lowest BCUT2D eigenvalue weighted by molar-refractivity contribution is -0.132. The zero-order chi connectivity index (χ0) is 21.8. The second kappa shape index (κ2) is 9.22. The van der Waals surface area contributed by atoms with Gasteiger partial charge in [0.25, 0.3) is 0 Å². The van der Waals surface area contributed by atoms with Crippen molar-refractivity contribution in [2.45, 2.75) is 39.0 Å². The van der Waals surface area contributed by atoms with E-state index in [0.29, 0.717) is 0 Å². The molecule has 0 bridgehead atoms. The van der Waals surface area contributed by atoms with Gasteiger partial charge < -0.3 is 10.2 Å². The molecule has 29 heavy (non-hydrogen) atoms. The van der Waals surface area contributed by atoms with E-state index < -0.39 is 15.7 Å². The summed E-state index contributed by atoms with van der Waals surface area (Å²) in [5.41, 5.74) is 4.72. The number of hydrogen-bond donors (Lipinski definition) is 1. The number of nitrogens with zero attached hydrogens (tertiary/aromatic N) is 1. The molecule has 0 fully saturated rings. The third-order valence-corrected chi connectivity index (χ3v) is 6.44. The summed E-state index contributed by atoms with van der Waals surface area (Å²) in [4.78, 5) is 26.1. The highest BCUT2D eigenvalue weighted by atomic mass is 32.2. The molecule has 0 radical (unpaired) electrons. The summed E-state index contributed by atoms with van der Waals surface area (Å²) >= 11 is 0. The van der Waals surface area contributed by atoms with Crippen LogP contribution in [-0.2, 0) is 19.4 Å². The lowest BCUT2D eigenvalue weighted by Gasteiger charge is -2.18. The Labute approximate surface area is 172 Å². The summed E-state index contributed by atoms with van der Waals surface area (Å²) in [5, 5.41) is 2.84. The predicted molar refractivity (Wildman–Crippen MR) is 115 cm³/mol. The maximum absolute atomic E-state index is 12.4. The van der Waals surface area contributed by atoms with Gasteiger partial charge in [0.05, 0.1) is 17.2 Å². The van der Waals surface area contributed by atoms with Crippen LogP contribution < -0.4 is 5.32 Å². The molecule has 0 spiro atoms. The fourth-order valence-electron chi connectivity index (χ4n) is 3.14. The molecule has 2 amide bonds. The molecule has 7 heteroatoms. The van der Waals surface area contributed by atoms with E-state index >= 15 is 0 Å². The topological polar surface area (TPSA) is 83.6 Å². The number of anilines is 1. The van der Waals surface area contributed by atoms with Gasteiger partial charge in [-0.25, -0.2) is 8.42 Å². The molecule has 0 aliphatic carbocycles. The van der Waals surface area contributed by atoms with Crippen LogP contribution in [0.3, 0.4) is 0 Å². The van der Waals surface area contributed by atoms with E-state index in [0.717, 1.165) is 27.9 Å². The van der Waals surface area contributed by atoms with Gasteiger partial charge in [-0.15, -0.1) is 0 Å². The first kappa shape index (κ1) is 22.6. The van der Waals surface area contributed by atoms with Gasteiger partial charge in [0.15, 0.2) is 9.84 Å². The van der Waals surface area contributed by atoms with Gasteiger partial charge in [-0.1, -0.05) is 35.4 Å². The van der Waals surface area contributed by atoms with Crippen molar-refractivity contribution in [1.29, 1.82) is 0 Å². The maximum atomic E-state index is 12.4. The first-order chi connectivity index (χ1) is 13.5. The molecule has 2 aromatic carbocycles. The number of amides is 2. The fourth-order valence-corrected chi connectivity index (χ4v) is 4.37. The number of sulfone groups is 1. The van der Waals surface area contributed by atoms with Crippen molar-refractivity contribution in [3.63, 3.8) is 0 Å². The average Bonchev–Trinajstić information content (AvgIpc) is 2.63. The molecule has 0 aromatic heterocycles. The van der Waals surface area contributed by atoms with E-state index in [4.69, 9.17) is 0 Å². The van der Waals surface area contributed by atoms with E-state index in [9.17, 15) is 18.0 Å². The van der Waals surface area contributed by atoms with Gasteiger partial charge >= 0.3 is 0 Å². The van der Waals surface area contributed by atoms with Gasteiger partial charge in [-0.05, 0) is 51.0 Å². The Morgan fingerprint density at radius 3 is 2.03 bits per heavy atom. The molecule has 0 saturated carbocycles. The molecule has 0 saturated heterocycles. The van der Waals surface area contributed by atoms with Gasteiger partial charge in [-0.3, -0.25) is 9.59 Å². The zero-order valence-corrected chi connectivity index (χ0v) is 18.4. The van der Waals surface area contributed by atoms with Crippen molar-refractivity contribution >= 4 is 27.3 Å². The number of benzene rings is 2. The van der Waals surface area contributed by atoms with Gasteiger partial charge in [0.1, 0.15) is 0 Å². The van der Waals surface area contributed by atoms with Gasteiger partial charge in [0.2, 0.25) is 11.8 Å². The van der Waals surface area contributed by atoms with Gasteiger partial charge in [-0.2, -0.15) is 0 Å². The Hall–Kier alpha value is -2.67. The van der Waals surface area contributed by atoms with Crippen LogP contribution in [0.5, 0.6) is 0 Å². The Morgan fingerprint density at radius 1 is 0.931 bits per heavy atom. The Bertz CT molecular complexity index is 989. The number of aryl methyl sites for hydroxylation is 4. The van der Waals surface area contributed by atoms with Crippen molar-refractivity contribution in [2.24, 2.45) is 0 Å². The average molecular weight is 417 g/mol. The normalized spacial score (nSPS) is 11.2. The third-order valence-electron chi connectivity index (χ3n) is 4.71. The van der Waals surface area contributed by atoms with Crippen LogP contribution in [0.15, 0.2) is 41.3 Å². The summed E-state index contributed by atoms with van der Waals surface area (Å²) in [6.45, 7) is 7.55. The Kier molecular flexibility index (Phi) is 7.19. The number of rotatable bonds is 7. The van der Waals surface area contributed by atoms with E-state index in [2.05, 4.69) is 5.32 Å². The molecule has 0 heterocycles. The molecule has 1 N–H and O–H groups in total. The molecule has 156 valence electrons. The van der Waals surface area contributed by atoms with Crippen LogP contribution >= 0.6 is 0 Å². The molecule has 0 aliphatic rings. The predicted octanol–water partition coefficient (Wildman–Crippen LogP) is 3.18. The molecule has 2 rings (SSSR count). The SMILES string of the molecule is Cc1ccc(S(=O)(=O)CCC(=O)N(C)CC(=O)Nc2c(C)cc(C)cc2C)cc1. The fraction of sp³-hybridized carbons (Fsp3) is 0.364. The third kappa shape index (κ3) is 6.15. The highest BCUT2D eigenvalue weighted by molar-refractivity contribution is 7.91. The van der Waals surface area contributed by atoms with Crippen molar-refractivity contribution in [3.8, 4) is 0 Å². The van der Waals surface area contributed by atoms with Crippen LogP contribution in [-0.4, -0.2) is 44.5 Å². The lowest BCUT2D eigenvalue weighted by Crippen LogP contribution is -2.35. The summed E-state index contributed by atoms with van der Waals surface area (Å²) in [6, 6.07) is 10.5. The number of carbonyl (C=O) groups excluding carboxylic acids is 2. The van der Waals surface area contributed by atoms with Crippen molar-refractivity contribution in [3.05, 3.63) is 58.7 Å². The Balaban J connectivity index is 1.93. The summed E-state index contributed by atoms with van der Waals surface area (Å²) in [5.74, 6) is -1.01. The molecule has 2 aromatic rings. The first-order valence-corrected chi connectivity index (χ1v) is 11.1. The summed E-state index contributed by atoms with van der Waals surface area (Å²) in [7, 11) is -2.05. The first-order valence-electron chi connectivity index (χ1n) is 9.40. The van der Waals surface area contributed by atoms with Gasteiger partial charge in [0, 0.05) is 19.2 Å². The minimum atomic E-state index is -3.55. The summed E-state index contributed by atoms with van der Waals surface area (Å²) in [6.07, 6.45) is -0.178. The zero-order valence-electron chi connectivity index (χ0n) is 17.6. The van der Waals surface area contributed by atoms with E-state index in [1.807, 2.05) is 39.8 Å². The van der Waals surface area contributed by atoms with Crippen molar-refractivity contribution in [1.82, 2.24) is 4.90 Å². The summed E-state index contributed by atoms with van der Waals surface area (Å²) < 4.78 is 24.8. The van der Waals surface area contributed by atoms with Crippen molar-refractivity contribution < 1.29 is 18.0 Å². The van der Waals surface area contributed by atoms with Crippen LogP contribution in [0.25, 0.3) is 0 Å². The smallest absolute Gasteiger partial charge is 0.243 e. The minimum Gasteiger partial charge on any atom is -0.336 e. The number of likely N-dealkylation sites (N-methyl/N-ethyl adjacent to an activating group) is 1. The van der Waals surface area contributed by atoms with Crippen LogP contribution in [0, 0.1) is 27.7 Å². The van der Waals surface area contributed by atoms with Crippen LogP contribution in [0.1, 0.15) is 28.7 Å². The highest BCUT2D eigenvalue weighted by Gasteiger charge is 2.20. The molecule has 0 unspecified atom stereocenters. The second-order valence-electron chi connectivity index (χ2n) is 7.45. The lowest BCUT2D eigenvalue weighted by atomic mass is 10.1. The van der Waals surface area contributed by atoms with Crippen LogP contribution in [0.2, 0.25) is 0 Å². The maximum Gasteiger partial charge on any atom is 0.243 e. The second-order valence-corrected chi connectivity index (χ2v) is 9.56. The van der Waals surface area contributed by atoms with Crippen molar-refractivity contribution in [2.75, 3.05) is 24.7 Å². The highest BCUT2D eigenvalue weighted by Crippen LogP contribution is 2.21. The standard InChI is InChI=1S/C22H28N2O4S/c1-15-6-8-19(9-7-15)29(27,28)11-10-21(26)24(5)14-20(25)23-22-17(3)12-16(2)13-18(22)4/h6-9,12-13H,10-11,14H2,1-5H3,(H,23,25). The van der Waals surface area contributed by atoms with E-state index in [-0.39, 0.29) is 29.5 Å². The monoisotopic (exact) mass is 416 g/mol. The van der Waals surface area contributed by atoms with E-state index in [1.54, 1.807) is 24.3 Å². The number of nitrogens with one attached hydrogen (secondary N) is 1. The quantitative estimate of drug-likeness (QED) is 0.751. The van der Waals surface area contributed by atoms with E-state index in [1.165, 1.54) is 11.9 Å². The minimum absolute atomic E-state index is 0.143. The number of carbonyl (C=O) groups is 2. The molecular weight excluding hydrogens is 388 g/mol.